The molecule has 9 heteroatoms. The molecule has 3 rings (SSSR count). The van der Waals surface area contributed by atoms with E-state index in [1.807, 2.05) is 6.07 Å². The van der Waals surface area contributed by atoms with Gasteiger partial charge >= 0.3 is 0 Å². The number of hydrazone groups is 1. The average Bonchev–Trinajstić information content (AvgIpc) is 2.58. The Hall–Kier alpha value is -2.09. The van der Waals surface area contributed by atoms with Crippen LogP contribution in [0.3, 0.4) is 0 Å². The lowest BCUT2D eigenvalue weighted by Gasteiger charge is -2.15. The molecule has 0 radical (unpaired) electrons. The van der Waals surface area contributed by atoms with E-state index >= 15 is 0 Å². The molecule has 0 spiro atoms. The predicted octanol–water partition coefficient (Wildman–Crippen LogP) is 4.63. The van der Waals surface area contributed by atoms with Crippen molar-refractivity contribution in [3.05, 3.63) is 68.2 Å². The van der Waals surface area contributed by atoms with E-state index in [9.17, 15) is 10.1 Å². The number of aliphatic imine (C=N–C) groups is 1. The fourth-order valence-corrected chi connectivity index (χ4v) is 3.10. The number of nitrogens with zero attached hydrogens (tertiary/aromatic N) is 3. The van der Waals surface area contributed by atoms with Crippen molar-refractivity contribution in [3.63, 3.8) is 0 Å². The van der Waals surface area contributed by atoms with Crippen LogP contribution in [-0.4, -0.2) is 21.6 Å². The van der Waals surface area contributed by atoms with Crippen molar-refractivity contribution < 1.29 is 4.92 Å². The number of nitro benzene ring substituents is 1. The summed E-state index contributed by atoms with van der Waals surface area (Å²) in [6, 6.07) is 11.6. The van der Waals surface area contributed by atoms with Gasteiger partial charge in [-0.1, -0.05) is 53.2 Å². The van der Waals surface area contributed by atoms with Gasteiger partial charge in [0.15, 0.2) is 5.17 Å². The summed E-state index contributed by atoms with van der Waals surface area (Å²) in [6.07, 6.45) is 0. The normalized spacial score (nSPS) is 15.8. The molecule has 1 N–H and O–H groups in total. The molecule has 1 heterocycles. The molecule has 0 amide bonds. The number of halogens is 2. The van der Waals surface area contributed by atoms with Crippen molar-refractivity contribution in [2.75, 3.05) is 5.75 Å². The van der Waals surface area contributed by atoms with Crippen LogP contribution in [0.4, 0.5) is 11.4 Å². The first-order valence-electron chi connectivity index (χ1n) is 6.77. The van der Waals surface area contributed by atoms with Gasteiger partial charge in [-0.15, -0.1) is 0 Å². The summed E-state index contributed by atoms with van der Waals surface area (Å²) in [7, 11) is 0. The quantitative estimate of drug-likeness (QED) is 0.621. The molecule has 2 aromatic rings. The van der Waals surface area contributed by atoms with Gasteiger partial charge in [0, 0.05) is 17.4 Å². The fraction of sp³-hybridized carbons (Fsp3) is 0.0667. The van der Waals surface area contributed by atoms with Crippen LogP contribution in [0.15, 0.2) is 52.6 Å². The van der Waals surface area contributed by atoms with E-state index in [4.69, 9.17) is 23.2 Å². The van der Waals surface area contributed by atoms with Gasteiger partial charge in [-0.2, -0.15) is 5.10 Å². The molecule has 1 aliphatic heterocycles. The third-order valence-corrected chi connectivity index (χ3v) is 4.80. The SMILES string of the molecule is O=[N+]([O-])c1ccccc1N=C1NN=C(c2ccc(Cl)c(Cl)c2)CS1. The zero-order valence-corrected chi connectivity index (χ0v) is 14.4. The number of hydrogen-bond donors (Lipinski definition) is 1. The first kappa shape index (κ1) is 16.8. The summed E-state index contributed by atoms with van der Waals surface area (Å²) < 4.78 is 0. The molecule has 0 aliphatic carbocycles. The Morgan fingerprint density at radius 3 is 2.67 bits per heavy atom. The molecule has 6 nitrogen and oxygen atoms in total. The molecule has 0 saturated heterocycles. The summed E-state index contributed by atoms with van der Waals surface area (Å²) in [5.41, 5.74) is 4.70. The van der Waals surface area contributed by atoms with Crippen LogP contribution < -0.4 is 5.43 Å². The number of amidine groups is 1. The molecule has 122 valence electrons. The van der Waals surface area contributed by atoms with Crippen molar-refractivity contribution in [3.8, 4) is 0 Å². The van der Waals surface area contributed by atoms with E-state index in [2.05, 4.69) is 15.5 Å². The van der Waals surface area contributed by atoms with Gasteiger partial charge in [0.2, 0.25) is 0 Å². The third-order valence-electron chi connectivity index (χ3n) is 3.19. The molecule has 1 aliphatic rings. The summed E-state index contributed by atoms with van der Waals surface area (Å²) in [4.78, 5) is 14.8. The first-order valence-corrected chi connectivity index (χ1v) is 8.51. The Morgan fingerprint density at radius 1 is 1.21 bits per heavy atom. The Balaban J connectivity index is 1.82. The highest BCUT2D eigenvalue weighted by Crippen LogP contribution is 2.28. The Kier molecular flexibility index (Phi) is 5.03. The zero-order chi connectivity index (χ0) is 17.1. The van der Waals surface area contributed by atoms with Gasteiger partial charge in [-0.25, -0.2) is 4.99 Å². The first-order chi connectivity index (χ1) is 11.5. The number of rotatable bonds is 3. The molecule has 2 aromatic carbocycles. The van der Waals surface area contributed by atoms with Gasteiger partial charge in [0.25, 0.3) is 5.69 Å². The average molecular weight is 381 g/mol. The molecule has 0 fully saturated rings. The molecule has 0 bridgehead atoms. The number of nitrogens with one attached hydrogen (secondary N) is 1. The molecular formula is C15H10Cl2N4O2S. The number of para-hydroxylation sites is 2. The van der Waals surface area contributed by atoms with Crippen LogP contribution in [0.2, 0.25) is 10.0 Å². The van der Waals surface area contributed by atoms with Gasteiger partial charge in [0.1, 0.15) is 5.69 Å². The minimum Gasteiger partial charge on any atom is -0.258 e. The van der Waals surface area contributed by atoms with Gasteiger partial charge in [0.05, 0.1) is 20.7 Å². The lowest BCUT2D eigenvalue weighted by atomic mass is 10.1. The van der Waals surface area contributed by atoms with E-state index < -0.39 is 4.92 Å². The monoisotopic (exact) mass is 380 g/mol. The van der Waals surface area contributed by atoms with E-state index in [1.165, 1.54) is 17.8 Å². The van der Waals surface area contributed by atoms with Gasteiger partial charge in [-0.3, -0.25) is 15.5 Å². The van der Waals surface area contributed by atoms with Crippen molar-refractivity contribution >= 4 is 57.2 Å². The molecule has 0 aromatic heterocycles. The van der Waals surface area contributed by atoms with Gasteiger partial charge in [-0.05, 0) is 18.2 Å². The van der Waals surface area contributed by atoms with Crippen molar-refractivity contribution in [1.82, 2.24) is 5.43 Å². The Labute approximate surface area is 151 Å². The highest BCUT2D eigenvalue weighted by Gasteiger charge is 2.17. The minimum absolute atomic E-state index is 0.0494. The number of nitro groups is 1. The molecule has 0 unspecified atom stereocenters. The Bertz CT molecular complexity index is 870. The highest BCUT2D eigenvalue weighted by atomic mass is 35.5. The number of hydrogen-bond acceptors (Lipinski definition) is 5. The topological polar surface area (TPSA) is 79.9 Å². The lowest BCUT2D eigenvalue weighted by Crippen LogP contribution is -2.25. The second-order valence-corrected chi connectivity index (χ2v) is 6.53. The van der Waals surface area contributed by atoms with E-state index in [0.29, 0.717) is 21.0 Å². The molecule has 0 saturated carbocycles. The van der Waals surface area contributed by atoms with Crippen LogP contribution in [0, 0.1) is 10.1 Å². The highest BCUT2D eigenvalue weighted by molar-refractivity contribution is 8.14. The maximum absolute atomic E-state index is 11.0. The summed E-state index contributed by atoms with van der Waals surface area (Å²) in [6.45, 7) is 0. The molecular weight excluding hydrogens is 371 g/mol. The minimum atomic E-state index is -0.461. The number of thioether (sulfide) groups is 1. The largest absolute Gasteiger partial charge is 0.294 e. The van der Waals surface area contributed by atoms with Crippen molar-refractivity contribution in [1.29, 1.82) is 0 Å². The van der Waals surface area contributed by atoms with E-state index in [0.717, 1.165) is 11.3 Å². The second kappa shape index (κ2) is 7.21. The van der Waals surface area contributed by atoms with Crippen LogP contribution in [-0.2, 0) is 0 Å². The van der Waals surface area contributed by atoms with E-state index in [-0.39, 0.29) is 11.4 Å². The summed E-state index contributed by atoms with van der Waals surface area (Å²) in [5, 5.41) is 16.7. The maximum atomic E-state index is 11.0. The van der Waals surface area contributed by atoms with Crippen LogP contribution in [0.25, 0.3) is 0 Å². The van der Waals surface area contributed by atoms with Gasteiger partial charge < -0.3 is 0 Å². The summed E-state index contributed by atoms with van der Waals surface area (Å²) in [5.74, 6) is 0.560. The zero-order valence-electron chi connectivity index (χ0n) is 12.1. The lowest BCUT2D eigenvalue weighted by molar-refractivity contribution is -0.384. The molecule has 24 heavy (non-hydrogen) atoms. The Morgan fingerprint density at radius 2 is 2.00 bits per heavy atom. The fourth-order valence-electron chi connectivity index (χ4n) is 2.02. The van der Waals surface area contributed by atoms with Crippen molar-refractivity contribution in [2.45, 2.75) is 0 Å². The standard InChI is InChI=1S/C15H10Cl2N4O2S/c16-10-6-5-9(7-11(10)17)13-8-24-15(20-19-13)18-12-3-1-2-4-14(12)21(22)23/h1-7H,8H2,(H,18,20). The molecule has 0 atom stereocenters. The smallest absolute Gasteiger partial charge is 0.258 e. The third kappa shape index (κ3) is 3.69. The van der Waals surface area contributed by atoms with Crippen LogP contribution >= 0.6 is 35.0 Å². The number of benzene rings is 2. The summed E-state index contributed by atoms with van der Waals surface area (Å²) >= 11 is 13.3. The van der Waals surface area contributed by atoms with Crippen LogP contribution in [0.1, 0.15) is 5.56 Å². The van der Waals surface area contributed by atoms with Crippen molar-refractivity contribution in [2.24, 2.45) is 10.1 Å². The van der Waals surface area contributed by atoms with E-state index in [1.54, 1.807) is 30.3 Å². The predicted molar refractivity (Wildman–Crippen MR) is 98.8 cm³/mol. The second-order valence-electron chi connectivity index (χ2n) is 4.75. The maximum Gasteiger partial charge on any atom is 0.294 e. The van der Waals surface area contributed by atoms with Crippen LogP contribution in [0.5, 0.6) is 0 Å².